The van der Waals surface area contributed by atoms with Crippen molar-refractivity contribution in [2.45, 2.75) is 52.4 Å². The first-order valence-corrected chi connectivity index (χ1v) is 17.0. The summed E-state index contributed by atoms with van der Waals surface area (Å²) in [6, 6.07) is 43.2. The Morgan fingerprint density at radius 1 is 0.660 bits per heavy atom. The molecular formula is C45H40N4O. The van der Waals surface area contributed by atoms with E-state index in [0.29, 0.717) is 17.0 Å². The van der Waals surface area contributed by atoms with E-state index in [4.69, 9.17) is 9.97 Å². The van der Waals surface area contributed by atoms with Gasteiger partial charge in [0.05, 0.1) is 33.9 Å². The number of aromatic hydroxyl groups is 1. The Balaban J connectivity index is 1.53. The molecule has 5 heteroatoms. The van der Waals surface area contributed by atoms with Crippen LogP contribution in [0.1, 0.15) is 58.2 Å². The fourth-order valence-corrected chi connectivity index (χ4v) is 6.70. The zero-order valence-corrected chi connectivity index (χ0v) is 29.4. The molecule has 0 unspecified atom stereocenters. The lowest BCUT2D eigenvalue weighted by Gasteiger charge is -2.22. The number of fused-ring (bicyclic) bond motifs is 1. The van der Waals surface area contributed by atoms with Crippen LogP contribution in [0.4, 0.5) is 0 Å². The molecule has 0 saturated heterocycles. The first-order valence-electron chi connectivity index (χ1n) is 17.0. The zero-order valence-electron chi connectivity index (χ0n) is 29.4. The number of hydrogen-bond donors (Lipinski definition) is 1. The van der Waals surface area contributed by atoms with Gasteiger partial charge in [-0.2, -0.15) is 5.26 Å². The smallest absolute Gasteiger partial charge is 0.149 e. The lowest BCUT2D eigenvalue weighted by Crippen LogP contribution is -2.11. The highest BCUT2D eigenvalue weighted by molar-refractivity contribution is 5.97. The van der Waals surface area contributed by atoms with Crippen molar-refractivity contribution < 1.29 is 5.11 Å². The van der Waals surface area contributed by atoms with Crippen LogP contribution in [-0.4, -0.2) is 19.6 Å². The largest absolute Gasteiger partial charge is 0.507 e. The second-order valence-corrected chi connectivity index (χ2v) is 14.8. The predicted molar refractivity (Wildman–Crippen MR) is 204 cm³/mol. The molecule has 5 nitrogen and oxygen atoms in total. The number of imidazole rings is 1. The molecule has 0 aliphatic carbocycles. The summed E-state index contributed by atoms with van der Waals surface area (Å²) < 4.78 is 2.14. The lowest BCUT2D eigenvalue weighted by molar-refractivity contribution is 0.448. The van der Waals surface area contributed by atoms with Gasteiger partial charge >= 0.3 is 0 Å². The first kappa shape index (κ1) is 32.6. The molecule has 5 aromatic carbocycles. The molecule has 0 amide bonds. The van der Waals surface area contributed by atoms with E-state index in [-0.39, 0.29) is 16.6 Å². The van der Waals surface area contributed by atoms with Crippen LogP contribution in [0.2, 0.25) is 0 Å². The monoisotopic (exact) mass is 652 g/mol. The van der Waals surface area contributed by atoms with E-state index in [1.807, 2.05) is 66.7 Å². The quantitative estimate of drug-likeness (QED) is 0.201. The summed E-state index contributed by atoms with van der Waals surface area (Å²) in [5, 5.41) is 21.9. The number of phenolic OH excluding ortho intramolecular Hbond substituents is 1. The maximum absolute atomic E-state index is 11.7. The van der Waals surface area contributed by atoms with Gasteiger partial charge in [0, 0.05) is 28.6 Å². The molecule has 0 bridgehead atoms. The van der Waals surface area contributed by atoms with Gasteiger partial charge in [0.2, 0.25) is 0 Å². The van der Waals surface area contributed by atoms with Crippen LogP contribution in [0.3, 0.4) is 0 Å². The Hall–Kier alpha value is -5.99. The fraction of sp³-hybridized carbons (Fsp3) is 0.178. The molecule has 0 radical (unpaired) electrons. The van der Waals surface area contributed by atoms with Gasteiger partial charge in [-0.15, -0.1) is 0 Å². The van der Waals surface area contributed by atoms with E-state index < -0.39 is 0 Å². The summed E-state index contributed by atoms with van der Waals surface area (Å²) in [5.41, 5.74) is 11.0. The Labute approximate surface area is 294 Å². The van der Waals surface area contributed by atoms with Gasteiger partial charge in [-0.1, -0.05) is 120 Å². The van der Waals surface area contributed by atoms with Crippen LogP contribution in [0, 0.1) is 11.3 Å². The summed E-state index contributed by atoms with van der Waals surface area (Å²) in [5.74, 6) is 0.909. The van der Waals surface area contributed by atoms with Gasteiger partial charge in [-0.3, -0.25) is 9.55 Å². The third-order valence-electron chi connectivity index (χ3n) is 9.30. The van der Waals surface area contributed by atoms with Gasteiger partial charge in [0.15, 0.2) is 0 Å². The third kappa shape index (κ3) is 5.84. The van der Waals surface area contributed by atoms with E-state index in [1.165, 1.54) is 0 Å². The maximum atomic E-state index is 11.7. The zero-order chi connectivity index (χ0) is 35.2. The van der Waals surface area contributed by atoms with Crippen molar-refractivity contribution in [2.24, 2.45) is 0 Å². The average Bonchev–Trinajstić information content (AvgIpc) is 3.50. The van der Waals surface area contributed by atoms with Gasteiger partial charge in [0.1, 0.15) is 11.6 Å². The molecule has 2 aromatic heterocycles. The van der Waals surface area contributed by atoms with Crippen LogP contribution in [0.25, 0.3) is 61.6 Å². The van der Waals surface area contributed by atoms with E-state index in [2.05, 4.69) is 101 Å². The second kappa shape index (κ2) is 12.5. The van der Waals surface area contributed by atoms with Crippen molar-refractivity contribution in [1.29, 1.82) is 5.26 Å². The standard InChI is InChI=1S/C45H40N4O/c1-44(2,3)33-26-31(25-32(27-33)40-39(29-15-9-7-10-16-29)30(28-46)23-24-47-40)35-19-14-22-38-41(35)48-43(49(38)34-17-11-8-12-18-34)36-20-13-21-37(42(36)50)45(4,5)6/h7-27,50H,1-6H3. The number of hydrogen-bond acceptors (Lipinski definition) is 4. The fourth-order valence-electron chi connectivity index (χ4n) is 6.70. The number of nitrogens with zero attached hydrogens (tertiary/aromatic N) is 4. The van der Waals surface area contributed by atoms with Gasteiger partial charge in [-0.25, -0.2) is 4.98 Å². The SMILES string of the molecule is CC(C)(C)c1cc(-c2nccc(C#N)c2-c2ccccc2)cc(-c2cccc3c2nc(-c2cccc(C(C)(C)C)c2O)n3-c2ccccc2)c1. The number of para-hydroxylation sites is 3. The summed E-state index contributed by atoms with van der Waals surface area (Å²) in [7, 11) is 0. The number of benzene rings is 5. The van der Waals surface area contributed by atoms with Crippen LogP contribution >= 0.6 is 0 Å². The molecule has 0 aliphatic rings. The minimum Gasteiger partial charge on any atom is -0.507 e. The van der Waals surface area contributed by atoms with Crippen LogP contribution < -0.4 is 0 Å². The molecule has 0 aliphatic heterocycles. The van der Waals surface area contributed by atoms with Crippen molar-refractivity contribution in [3.63, 3.8) is 0 Å². The van der Waals surface area contributed by atoms with Crippen LogP contribution in [0.15, 0.2) is 128 Å². The Morgan fingerprint density at radius 3 is 2.00 bits per heavy atom. The molecule has 246 valence electrons. The number of aromatic nitrogens is 3. The minimum atomic E-state index is -0.256. The molecule has 7 rings (SSSR count). The molecule has 0 spiro atoms. The van der Waals surface area contributed by atoms with Crippen molar-refractivity contribution >= 4 is 11.0 Å². The molecule has 1 N–H and O–H groups in total. The summed E-state index contributed by atoms with van der Waals surface area (Å²) in [4.78, 5) is 10.2. The number of nitriles is 1. The molecule has 0 fully saturated rings. The van der Waals surface area contributed by atoms with Gasteiger partial charge < -0.3 is 5.11 Å². The van der Waals surface area contributed by atoms with Crippen molar-refractivity contribution in [3.8, 4) is 62.4 Å². The minimum absolute atomic E-state index is 0.174. The van der Waals surface area contributed by atoms with E-state index in [0.717, 1.165) is 61.4 Å². The highest BCUT2D eigenvalue weighted by Gasteiger charge is 2.26. The van der Waals surface area contributed by atoms with Gasteiger partial charge in [0.25, 0.3) is 0 Å². The highest BCUT2D eigenvalue weighted by Crippen LogP contribution is 2.43. The Bertz CT molecular complexity index is 2400. The topological polar surface area (TPSA) is 74.7 Å². The van der Waals surface area contributed by atoms with E-state index in [9.17, 15) is 10.4 Å². The molecule has 7 aromatic rings. The number of pyridine rings is 1. The van der Waals surface area contributed by atoms with E-state index >= 15 is 0 Å². The predicted octanol–water partition coefficient (Wildman–Crippen LogP) is 11.3. The Morgan fingerprint density at radius 2 is 1.32 bits per heavy atom. The molecule has 0 atom stereocenters. The average molecular weight is 653 g/mol. The van der Waals surface area contributed by atoms with Gasteiger partial charge in [-0.05, 0) is 75.5 Å². The molecule has 0 saturated carbocycles. The summed E-state index contributed by atoms with van der Waals surface area (Å²) in [6.07, 6.45) is 1.72. The first-order chi connectivity index (χ1) is 24.0. The maximum Gasteiger partial charge on any atom is 0.149 e. The number of rotatable bonds is 5. The van der Waals surface area contributed by atoms with Crippen LogP contribution in [-0.2, 0) is 10.8 Å². The van der Waals surface area contributed by atoms with Crippen LogP contribution in [0.5, 0.6) is 5.75 Å². The van der Waals surface area contributed by atoms with Crippen molar-refractivity contribution in [2.75, 3.05) is 0 Å². The normalized spacial score (nSPS) is 11.9. The number of phenols is 1. The van der Waals surface area contributed by atoms with E-state index in [1.54, 1.807) is 12.3 Å². The molecule has 50 heavy (non-hydrogen) atoms. The summed E-state index contributed by atoms with van der Waals surface area (Å²) in [6.45, 7) is 12.9. The van der Waals surface area contributed by atoms with Crippen molar-refractivity contribution in [1.82, 2.24) is 14.5 Å². The Kier molecular flexibility index (Phi) is 8.12. The highest BCUT2D eigenvalue weighted by atomic mass is 16.3. The molecule has 2 heterocycles. The third-order valence-corrected chi connectivity index (χ3v) is 9.30. The lowest BCUT2D eigenvalue weighted by atomic mass is 9.83. The molecular weight excluding hydrogens is 613 g/mol. The second-order valence-electron chi connectivity index (χ2n) is 14.8. The van der Waals surface area contributed by atoms with Crippen molar-refractivity contribution in [3.05, 3.63) is 144 Å². The summed E-state index contributed by atoms with van der Waals surface area (Å²) >= 11 is 0.